The van der Waals surface area contributed by atoms with Crippen LogP contribution in [0.25, 0.3) is 0 Å². The third-order valence-corrected chi connectivity index (χ3v) is 9.04. The number of nitrogens with zero attached hydrogens (tertiary/aromatic N) is 1. The third-order valence-electron chi connectivity index (χ3n) is 6.01. The van der Waals surface area contributed by atoms with Crippen molar-refractivity contribution in [1.29, 1.82) is 0 Å². The van der Waals surface area contributed by atoms with Crippen LogP contribution in [0.4, 0.5) is 5.69 Å². The van der Waals surface area contributed by atoms with Crippen molar-refractivity contribution < 1.29 is 14.7 Å². The SMILES string of the molecule is COP(=Nc1ccccc1)(c1cc(C)cc(C(C)(C)C)c1O)c1cc(C)cc(C(C)(C)C)c1O. The van der Waals surface area contributed by atoms with Crippen molar-refractivity contribution in [3.8, 4) is 11.5 Å². The second kappa shape index (κ2) is 9.24. The van der Waals surface area contributed by atoms with Gasteiger partial charge in [0, 0.05) is 18.2 Å². The highest BCUT2D eigenvalue weighted by Gasteiger charge is 2.36. The fourth-order valence-corrected chi connectivity index (χ4v) is 7.24. The maximum absolute atomic E-state index is 11.7. The number of hydrogen-bond donors (Lipinski definition) is 2. The molecule has 5 heteroatoms. The Kier molecular flexibility index (Phi) is 7.09. The second-order valence-corrected chi connectivity index (χ2v) is 13.7. The molecule has 0 spiro atoms. The van der Waals surface area contributed by atoms with Gasteiger partial charge < -0.3 is 14.7 Å². The first-order chi connectivity index (χ1) is 15.7. The molecule has 0 atom stereocenters. The normalized spacial score (nSPS) is 12.6. The molecule has 0 aliphatic heterocycles. The molecule has 0 bridgehead atoms. The average molecular weight is 480 g/mol. The maximum Gasteiger partial charge on any atom is 0.155 e. The Balaban J connectivity index is 2.57. The number of phenols is 2. The van der Waals surface area contributed by atoms with Gasteiger partial charge in [-0.15, -0.1) is 0 Å². The summed E-state index contributed by atoms with van der Waals surface area (Å²) in [5.41, 5.74) is 3.83. The van der Waals surface area contributed by atoms with Crippen LogP contribution in [0.1, 0.15) is 63.8 Å². The molecule has 3 aromatic carbocycles. The monoisotopic (exact) mass is 479 g/mol. The van der Waals surface area contributed by atoms with Crippen LogP contribution < -0.4 is 10.6 Å². The lowest BCUT2D eigenvalue weighted by Crippen LogP contribution is -2.24. The van der Waals surface area contributed by atoms with Crippen molar-refractivity contribution in [3.63, 3.8) is 0 Å². The smallest absolute Gasteiger partial charge is 0.155 e. The molecule has 182 valence electrons. The van der Waals surface area contributed by atoms with Crippen molar-refractivity contribution in [2.45, 2.75) is 66.2 Å². The Morgan fingerprint density at radius 2 is 1.12 bits per heavy atom. The molecule has 0 aliphatic carbocycles. The lowest BCUT2D eigenvalue weighted by Gasteiger charge is -2.31. The van der Waals surface area contributed by atoms with Crippen LogP contribution in [-0.2, 0) is 15.4 Å². The van der Waals surface area contributed by atoms with Crippen LogP contribution in [0.3, 0.4) is 0 Å². The van der Waals surface area contributed by atoms with Crippen molar-refractivity contribution in [2.24, 2.45) is 4.74 Å². The Morgan fingerprint density at radius 3 is 1.47 bits per heavy atom. The lowest BCUT2D eigenvalue weighted by molar-refractivity contribution is 0.439. The third kappa shape index (κ3) is 4.94. The summed E-state index contributed by atoms with van der Waals surface area (Å²) in [6.07, 6.45) is 0. The van der Waals surface area contributed by atoms with Crippen LogP contribution in [0.2, 0.25) is 0 Å². The summed E-state index contributed by atoms with van der Waals surface area (Å²) in [4.78, 5) is 0. The van der Waals surface area contributed by atoms with Gasteiger partial charge in [-0.25, -0.2) is 4.74 Å². The Morgan fingerprint density at radius 1 is 0.706 bits per heavy atom. The van der Waals surface area contributed by atoms with Crippen LogP contribution >= 0.6 is 7.28 Å². The first-order valence-corrected chi connectivity index (χ1v) is 13.3. The summed E-state index contributed by atoms with van der Waals surface area (Å²) in [5.74, 6) is 0.345. The van der Waals surface area contributed by atoms with Crippen LogP contribution in [0, 0.1) is 13.8 Å². The van der Waals surface area contributed by atoms with Gasteiger partial charge >= 0.3 is 0 Å². The molecule has 0 radical (unpaired) electrons. The van der Waals surface area contributed by atoms with Crippen molar-refractivity contribution in [2.75, 3.05) is 7.11 Å². The van der Waals surface area contributed by atoms with E-state index in [1.807, 2.05) is 68.4 Å². The topological polar surface area (TPSA) is 62.0 Å². The maximum atomic E-state index is 11.7. The van der Waals surface area contributed by atoms with Gasteiger partial charge in [0.2, 0.25) is 0 Å². The van der Waals surface area contributed by atoms with E-state index in [1.54, 1.807) is 7.11 Å². The van der Waals surface area contributed by atoms with E-state index in [4.69, 9.17) is 9.27 Å². The van der Waals surface area contributed by atoms with Gasteiger partial charge in [-0.3, -0.25) is 0 Å². The van der Waals surface area contributed by atoms with E-state index in [0.29, 0.717) is 10.6 Å². The predicted octanol–water partition coefficient (Wildman–Crippen LogP) is 7.35. The molecule has 0 saturated heterocycles. The minimum Gasteiger partial charge on any atom is -0.507 e. The summed E-state index contributed by atoms with van der Waals surface area (Å²) < 4.78 is 11.5. The van der Waals surface area contributed by atoms with E-state index < -0.39 is 7.28 Å². The summed E-state index contributed by atoms with van der Waals surface area (Å²) in [6.45, 7) is 16.5. The number of phenolic OH excluding ortho intramolecular Hbond substituents is 2. The highest BCUT2D eigenvalue weighted by molar-refractivity contribution is 7.77. The van der Waals surface area contributed by atoms with E-state index in [0.717, 1.165) is 27.9 Å². The molecule has 0 heterocycles. The minimum absolute atomic E-state index is 0.172. The zero-order chi connectivity index (χ0) is 25.5. The summed E-state index contributed by atoms with van der Waals surface area (Å²) in [7, 11) is -1.48. The molecular formula is C29H38NO3P. The van der Waals surface area contributed by atoms with Gasteiger partial charge in [0.25, 0.3) is 0 Å². The Hall–Kier alpha value is -2.55. The molecule has 2 N–H and O–H groups in total. The number of hydrogen-bond acceptors (Lipinski definition) is 4. The fraction of sp³-hybridized carbons (Fsp3) is 0.379. The van der Waals surface area contributed by atoms with E-state index in [2.05, 4.69) is 41.5 Å². The van der Waals surface area contributed by atoms with Crippen molar-refractivity contribution in [1.82, 2.24) is 0 Å². The standard InChI is InChI=1S/C29H38NO3P/c1-19-15-22(28(3,4)5)26(31)24(17-19)34(33-9,30-21-13-11-10-12-14-21)25-18-20(2)16-23(27(25)32)29(6,7)8/h10-18,31-32H,1-9H3. The minimum atomic E-state index is -3.10. The average Bonchev–Trinajstić information content (AvgIpc) is 2.74. The highest BCUT2D eigenvalue weighted by atomic mass is 31.2. The summed E-state index contributed by atoms with van der Waals surface area (Å²) >= 11 is 0. The van der Waals surface area contributed by atoms with Crippen molar-refractivity contribution >= 4 is 23.6 Å². The molecule has 0 fully saturated rings. The molecule has 0 aliphatic rings. The Labute approximate surface area is 204 Å². The summed E-state index contributed by atoms with van der Waals surface area (Å²) in [5, 5.41) is 24.5. The molecule has 0 aromatic heterocycles. The highest BCUT2D eigenvalue weighted by Crippen LogP contribution is 2.56. The first kappa shape index (κ1) is 26.1. The molecule has 0 amide bonds. The van der Waals surface area contributed by atoms with Crippen LogP contribution in [0.5, 0.6) is 11.5 Å². The second-order valence-electron chi connectivity index (χ2n) is 11.1. The van der Waals surface area contributed by atoms with E-state index in [1.165, 1.54) is 0 Å². The Bertz CT molecular complexity index is 1180. The largest absolute Gasteiger partial charge is 0.507 e. The molecule has 0 unspecified atom stereocenters. The molecule has 4 nitrogen and oxygen atoms in total. The quantitative estimate of drug-likeness (QED) is 0.385. The fourth-order valence-electron chi connectivity index (χ4n) is 4.26. The molecule has 3 rings (SSSR count). The van der Waals surface area contributed by atoms with Gasteiger partial charge in [0.1, 0.15) is 11.5 Å². The van der Waals surface area contributed by atoms with Gasteiger partial charge in [-0.1, -0.05) is 71.9 Å². The number of aromatic hydroxyl groups is 2. The first-order valence-electron chi connectivity index (χ1n) is 11.6. The van der Waals surface area contributed by atoms with Gasteiger partial charge in [-0.2, -0.15) is 0 Å². The van der Waals surface area contributed by atoms with E-state index >= 15 is 0 Å². The molecular weight excluding hydrogens is 441 g/mol. The van der Waals surface area contributed by atoms with Gasteiger partial charge in [0.05, 0.1) is 16.3 Å². The van der Waals surface area contributed by atoms with E-state index in [-0.39, 0.29) is 22.3 Å². The van der Waals surface area contributed by atoms with Crippen LogP contribution in [0.15, 0.2) is 59.3 Å². The molecule has 0 saturated carbocycles. The zero-order valence-electron chi connectivity index (χ0n) is 21.9. The number of benzene rings is 3. The summed E-state index contributed by atoms with van der Waals surface area (Å²) in [6, 6.07) is 17.6. The van der Waals surface area contributed by atoms with Crippen molar-refractivity contribution in [3.05, 3.63) is 76.9 Å². The van der Waals surface area contributed by atoms with E-state index in [9.17, 15) is 10.2 Å². The number of rotatable bonds is 4. The zero-order valence-corrected chi connectivity index (χ0v) is 22.8. The lowest BCUT2D eigenvalue weighted by atomic mass is 9.85. The molecule has 3 aromatic rings. The molecule has 34 heavy (non-hydrogen) atoms. The van der Waals surface area contributed by atoms with Gasteiger partial charge in [0.15, 0.2) is 7.28 Å². The number of aryl methyl sites for hydroxylation is 2. The van der Waals surface area contributed by atoms with Gasteiger partial charge in [-0.05, 0) is 60.1 Å². The van der Waals surface area contributed by atoms with Crippen LogP contribution in [-0.4, -0.2) is 17.3 Å². The predicted molar refractivity (Wildman–Crippen MR) is 145 cm³/mol.